The van der Waals surface area contributed by atoms with E-state index in [0.29, 0.717) is 15.9 Å². The van der Waals surface area contributed by atoms with Gasteiger partial charge in [0.2, 0.25) is 0 Å². The van der Waals surface area contributed by atoms with Crippen molar-refractivity contribution in [3.8, 4) is 0 Å². The fraction of sp³-hybridized carbons (Fsp3) is 0.154. The fourth-order valence-corrected chi connectivity index (χ4v) is 2.91. The molecule has 0 bridgehead atoms. The average Bonchev–Trinajstić information content (AvgIpc) is 2.74. The summed E-state index contributed by atoms with van der Waals surface area (Å²) in [6.07, 6.45) is 0. The average molecular weight is 316 g/mol. The van der Waals surface area contributed by atoms with E-state index in [1.807, 2.05) is 12.1 Å². The molecule has 0 unspecified atom stereocenters. The molecule has 0 saturated carbocycles. The summed E-state index contributed by atoms with van der Waals surface area (Å²) in [5.41, 5.74) is 0.816. The van der Waals surface area contributed by atoms with E-state index in [4.69, 9.17) is 28.3 Å². The summed E-state index contributed by atoms with van der Waals surface area (Å²) in [4.78, 5) is 13.7. The number of hydrogen-bond donors (Lipinski definition) is 1. The molecule has 0 fully saturated rings. The van der Waals surface area contributed by atoms with Crippen LogP contribution in [0.4, 0.5) is 5.69 Å². The molecule has 3 nitrogen and oxygen atoms in total. The monoisotopic (exact) mass is 315 g/mol. The maximum atomic E-state index is 11.0. The zero-order valence-electron chi connectivity index (χ0n) is 9.85. The summed E-state index contributed by atoms with van der Waals surface area (Å²) in [7, 11) is 0. The van der Waals surface area contributed by atoms with Crippen molar-refractivity contribution in [2.75, 3.05) is 11.4 Å². The van der Waals surface area contributed by atoms with Gasteiger partial charge < -0.3 is 10.0 Å². The zero-order valence-corrected chi connectivity index (χ0v) is 12.2. The topological polar surface area (TPSA) is 40.5 Å². The largest absolute Gasteiger partial charge is 0.480 e. The number of anilines is 1. The standard InChI is InChI=1S/C13H11Cl2NO2S/c14-9-1-3-10(4-2-9)16(8-13(17)18)7-11-5-6-12(15)19-11/h1-6H,7-8H2,(H,17,18). The molecule has 1 heterocycles. The third-order valence-electron chi connectivity index (χ3n) is 2.49. The number of thiophene rings is 1. The second-order valence-electron chi connectivity index (χ2n) is 3.93. The molecule has 0 radical (unpaired) electrons. The molecule has 0 amide bonds. The lowest BCUT2D eigenvalue weighted by Gasteiger charge is -2.22. The number of benzene rings is 1. The van der Waals surface area contributed by atoms with E-state index in [9.17, 15) is 4.79 Å². The van der Waals surface area contributed by atoms with Crippen LogP contribution in [0.5, 0.6) is 0 Å². The van der Waals surface area contributed by atoms with Crippen LogP contribution in [0.1, 0.15) is 4.88 Å². The molecule has 0 atom stereocenters. The van der Waals surface area contributed by atoms with Gasteiger partial charge in [-0.3, -0.25) is 4.79 Å². The highest BCUT2D eigenvalue weighted by atomic mass is 35.5. The molecule has 0 spiro atoms. The Kier molecular flexibility index (Phi) is 4.69. The zero-order chi connectivity index (χ0) is 13.8. The highest BCUT2D eigenvalue weighted by Gasteiger charge is 2.12. The maximum absolute atomic E-state index is 11.0. The molecule has 1 aromatic carbocycles. The number of hydrogen-bond acceptors (Lipinski definition) is 3. The van der Waals surface area contributed by atoms with Crippen molar-refractivity contribution >= 4 is 46.2 Å². The summed E-state index contributed by atoms with van der Waals surface area (Å²) in [6, 6.07) is 10.8. The Balaban J connectivity index is 2.20. The quantitative estimate of drug-likeness (QED) is 0.901. The molecule has 0 aliphatic heterocycles. The van der Waals surface area contributed by atoms with Crippen LogP contribution >= 0.6 is 34.5 Å². The summed E-state index contributed by atoms with van der Waals surface area (Å²) in [5.74, 6) is -0.877. The maximum Gasteiger partial charge on any atom is 0.323 e. The third kappa shape index (κ3) is 4.13. The number of rotatable bonds is 5. The predicted octanol–water partition coefficient (Wildman–Crippen LogP) is 4.15. The van der Waals surface area contributed by atoms with E-state index >= 15 is 0 Å². The second-order valence-corrected chi connectivity index (χ2v) is 6.17. The molecule has 0 saturated heterocycles. The van der Waals surface area contributed by atoms with Gasteiger partial charge in [0.15, 0.2) is 0 Å². The van der Waals surface area contributed by atoms with Crippen LogP contribution in [0.15, 0.2) is 36.4 Å². The molecule has 6 heteroatoms. The van der Waals surface area contributed by atoms with Crippen molar-refractivity contribution in [1.82, 2.24) is 0 Å². The normalized spacial score (nSPS) is 10.4. The van der Waals surface area contributed by atoms with Crippen LogP contribution in [-0.4, -0.2) is 17.6 Å². The first-order valence-corrected chi connectivity index (χ1v) is 7.08. The number of halogens is 2. The Morgan fingerprint density at radius 3 is 2.37 bits per heavy atom. The minimum Gasteiger partial charge on any atom is -0.480 e. The highest BCUT2D eigenvalue weighted by molar-refractivity contribution is 7.16. The van der Waals surface area contributed by atoms with Gasteiger partial charge in [-0.2, -0.15) is 0 Å². The first-order chi connectivity index (χ1) is 9.04. The van der Waals surface area contributed by atoms with E-state index < -0.39 is 5.97 Å². The lowest BCUT2D eigenvalue weighted by Crippen LogP contribution is -2.28. The van der Waals surface area contributed by atoms with Crippen LogP contribution in [0.3, 0.4) is 0 Å². The third-order valence-corrected chi connectivity index (χ3v) is 3.96. The highest BCUT2D eigenvalue weighted by Crippen LogP contribution is 2.25. The smallest absolute Gasteiger partial charge is 0.323 e. The van der Waals surface area contributed by atoms with Gasteiger partial charge in [-0.25, -0.2) is 0 Å². The van der Waals surface area contributed by atoms with E-state index in [0.717, 1.165) is 10.6 Å². The number of carboxylic acid groups (broad SMARTS) is 1. The van der Waals surface area contributed by atoms with Crippen molar-refractivity contribution < 1.29 is 9.90 Å². The van der Waals surface area contributed by atoms with Crippen LogP contribution in [0.25, 0.3) is 0 Å². The summed E-state index contributed by atoms with van der Waals surface area (Å²) >= 11 is 13.2. The van der Waals surface area contributed by atoms with Crippen molar-refractivity contribution in [3.63, 3.8) is 0 Å². The van der Waals surface area contributed by atoms with E-state index in [-0.39, 0.29) is 6.54 Å². The molecular formula is C13H11Cl2NO2S. The summed E-state index contributed by atoms with van der Waals surface area (Å²) < 4.78 is 0.696. The van der Waals surface area contributed by atoms with E-state index in [1.165, 1.54) is 11.3 Å². The molecule has 0 aliphatic rings. The molecule has 1 N–H and O–H groups in total. The Bertz CT molecular complexity index is 568. The predicted molar refractivity (Wildman–Crippen MR) is 79.5 cm³/mol. The van der Waals surface area contributed by atoms with Crippen LogP contribution < -0.4 is 4.90 Å². The number of carbonyl (C=O) groups is 1. The van der Waals surface area contributed by atoms with Gasteiger partial charge >= 0.3 is 5.97 Å². The first-order valence-electron chi connectivity index (χ1n) is 5.51. The molecule has 0 aliphatic carbocycles. The minimum atomic E-state index is -0.877. The molecule has 2 aromatic rings. The first kappa shape index (κ1) is 14.2. The van der Waals surface area contributed by atoms with Gasteiger partial charge in [0, 0.05) is 15.6 Å². The summed E-state index contributed by atoms with van der Waals surface area (Å²) in [6.45, 7) is 0.433. The van der Waals surface area contributed by atoms with Gasteiger partial charge in [0.25, 0.3) is 0 Å². The lowest BCUT2D eigenvalue weighted by atomic mass is 10.2. The molecule has 2 rings (SSSR count). The molecule has 100 valence electrons. The SMILES string of the molecule is O=C(O)CN(Cc1ccc(Cl)s1)c1ccc(Cl)cc1. The van der Waals surface area contributed by atoms with Gasteiger partial charge in [-0.15, -0.1) is 11.3 Å². The number of carboxylic acids is 1. The van der Waals surface area contributed by atoms with Gasteiger partial charge in [-0.1, -0.05) is 23.2 Å². The Hall–Kier alpha value is -1.23. The lowest BCUT2D eigenvalue weighted by molar-refractivity contribution is -0.135. The molecular weight excluding hydrogens is 305 g/mol. The minimum absolute atomic E-state index is 0.0723. The van der Waals surface area contributed by atoms with Gasteiger partial charge in [0.05, 0.1) is 10.9 Å². The Morgan fingerprint density at radius 1 is 1.16 bits per heavy atom. The van der Waals surface area contributed by atoms with Gasteiger partial charge in [0.1, 0.15) is 6.54 Å². The van der Waals surface area contributed by atoms with Crippen LogP contribution in [-0.2, 0) is 11.3 Å². The van der Waals surface area contributed by atoms with Crippen LogP contribution in [0.2, 0.25) is 9.36 Å². The second kappa shape index (κ2) is 6.28. The van der Waals surface area contributed by atoms with Gasteiger partial charge in [-0.05, 0) is 36.4 Å². The number of nitrogens with zero attached hydrogens (tertiary/aromatic N) is 1. The Labute approximate surface area is 125 Å². The number of aliphatic carboxylic acids is 1. The van der Waals surface area contributed by atoms with Crippen LogP contribution in [0, 0.1) is 0 Å². The van der Waals surface area contributed by atoms with E-state index in [1.54, 1.807) is 29.2 Å². The Morgan fingerprint density at radius 2 is 1.84 bits per heavy atom. The van der Waals surface area contributed by atoms with Crippen molar-refractivity contribution in [3.05, 3.63) is 50.6 Å². The summed E-state index contributed by atoms with van der Waals surface area (Å²) in [5, 5.41) is 9.62. The van der Waals surface area contributed by atoms with Crippen molar-refractivity contribution in [1.29, 1.82) is 0 Å². The fourth-order valence-electron chi connectivity index (χ4n) is 1.68. The van der Waals surface area contributed by atoms with E-state index in [2.05, 4.69) is 0 Å². The van der Waals surface area contributed by atoms with Crippen molar-refractivity contribution in [2.24, 2.45) is 0 Å². The molecule has 19 heavy (non-hydrogen) atoms. The van der Waals surface area contributed by atoms with Crippen molar-refractivity contribution in [2.45, 2.75) is 6.54 Å². The molecule has 1 aromatic heterocycles.